The summed E-state index contributed by atoms with van der Waals surface area (Å²) >= 11 is 0. The van der Waals surface area contributed by atoms with Gasteiger partial charge in [-0.15, -0.1) is 0 Å². The molecule has 1 aliphatic heterocycles. The van der Waals surface area contributed by atoms with Crippen molar-refractivity contribution in [3.8, 4) is 0 Å². The molecule has 2 rings (SSSR count). The van der Waals surface area contributed by atoms with E-state index in [4.69, 9.17) is 0 Å². The Balaban J connectivity index is 2.21. The van der Waals surface area contributed by atoms with Gasteiger partial charge >= 0.3 is 5.97 Å². The molecule has 1 N–H and O–H groups in total. The number of amides is 1. The van der Waals surface area contributed by atoms with Crippen LogP contribution < -0.4 is 0 Å². The molecule has 6 nitrogen and oxygen atoms in total. The maximum absolute atomic E-state index is 12.4. The van der Waals surface area contributed by atoms with Gasteiger partial charge in [-0.1, -0.05) is 0 Å². The predicted molar refractivity (Wildman–Crippen MR) is 63.9 cm³/mol. The third-order valence-corrected chi connectivity index (χ3v) is 3.65. The van der Waals surface area contributed by atoms with Gasteiger partial charge in [-0.2, -0.15) is 5.10 Å². The van der Waals surface area contributed by atoms with Crippen LogP contribution in [0.2, 0.25) is 0 Å². The summed E-state index contributed by atoms with van der Waals surface area (Å²) in [6.45, 7) is 3.83. The Labute approximate surface area is 105 Å². The molecule has 0 aromatic carbocycles. The molecule has 1 aliphatic rings. The summed E-state index contributed by atoms with van der Waals surface area (Å²) < 4.78 is 1.54. The average Bonchev–Trinajstić information content (AvgIpc) is 2.96. The van der Waals surface area contributed by atoms with Gasteiger partial charge in [0, 0.05) is 18.9 Å². The minimum Gasteiger partial charge on any atom is -0.480 e. The lowest BCUT2D eigenvalue weighted by molar-refractivity contribution is -0.156. The van der Waals surface area contributed by atoms with Crippen LogP contribution in [0.4, 0.5) is 0 Å². The number of hydrogen-bond acceptors (Lipinski definition) is 3. The number of nitrogens with zero attached hydrogens (tertiary/aromatic N) is 3. The van der Waals surface area contributed by atoms with Crippen LogP contribution >= 0.6 is 0 Å². The van der Waals surface area contributed by atoms with Crippen LogP contribution in [0.5, 0.6) is 0 Å². The third-order valence-electron chi connectivity index (χ3n) is 3.65. The molecule has 0 aliphatic carbocycles. The minimum absolute atomic E-state index is 0.193. The van der Waals surface area contributed by atoms with E-state index >= 15 is 0 Å². The number of carboxylic acids is 1. The number of aromatic nitrogens is 2. The Morgan fingerprint density at radius 3 is 2.78 bits per heavy atom. The molecule has 1 aromatic heterocycles. The number of carboxylic acid groups (broad SMARTS) is 1. The maximum Gasteiger partial charge on any atom is 0.329 e. The van der Waals surface area contributed by atoms with Gasteiger partial charge < -0.3 is 10.0 Å². The molecule has 1 aromatic rings. The van der Waals surface area contributed by atoms with E-state index in [9.17, 15) is 14.7 Å². The van der Waals surface area contributed by atoms with E-state index in [1.54, 1.807) is 37.0 Å². The fourth-order valence-corrected chi connectivity index (χ4v) is 2.39. The van der Waals surface area contributed by atoms with Crippen molar-refractivity contribution < 1.29 is 14.7 Å². The fourth-order valence-electron chi connectivity index (χ4n) is 2.39. The van der Waals surface area contributed by atoms with E-state index in [0.717, 1.165) is 6.42 Å². The Kier molecular flexibility index (Phi) is 3.11. The lowest BCUT2D eigenvalue weighted by atomic mass is 9.99. The van der Waals surface area contributed by atoms with Crippen LogP contribution in [0.25, 0.3) is 0 Å². The molecule has 0 spiro atoms. The smallest absolute Gasteiger partial charge is 0.329 e. The van der Waals surface area contributed by atoms with Crippen molar-refractivity contribution in [3.05, 3.63) is 18.5 Å². The molecule has 2 atom stereocenters. The van der Waals surface area contributed by atoms with Crippen molar-refractivity contribution in [2.75, 3.05) is 6.54 Å². The second-order valence-electron chi connectivity index (χ2n) is 4.83. The van der Waals surface area contributed by atoms with Crippen LogP contribution in [0, 0.1) is 0 Å². The molecule has 0 radical (unpaired) electrons. The minimum atomic E-state index is -1.08. The van der Waals surface area contributed by atoms with E-state index in [-0.39, 0.29) is 5.91 Å². The molecule has 98 valence electrons. The first-order valence-electron chi connectivity index (χ1n) is 6.01. The highest BCUT2D eigenvalue weighted by atomic mass is 16.4. The topological polar surface area (TPSA) is 75.4 Å². The SMILES string of the molecule is CC(C(=O)N1CCCC1(C)C(=O)O)n1cccn1. The normalized spacial score (nSPS) is 25.1. The first-order chi connectivity index (χ1) is 8.47. The number of carbonyl (C=O) groups is 2. The Morgan fingerprint density at radius 2 is 2.22 bits per heavy atom. The van der Waals surface area contributed by atoms with Crippen LogP contribution in [0.1, 0.15) is 32.7 Å². The molecule has 1 saturated heterocycles. The van der Waals surface area contributed by atoms with Crippen molar-refractivity contribution in [1.29, 1.82) is 0 Å². The Morgan fingerprint density at radius 1 is 1.50 bits per heavy atom. The quantitative estimate of drug-likeness (QED) is 0.866. The number of rotatable bonds is 3. The van der Waals surface area contributed by atoms with Crippen molar-refractivity contribution in [3.63, 3.8) is 0 Å². The first-order valence-corrected chi connectivity index (χ1v) is 6.01. The predicted octanol–water partition coefficient (Wildman–Crippen LogP) is 0.910. The molecule has 2 unspecified atom stereocenters. The monoisotopic (exact) mass is 251 g/mol. The summed E-state index contributed by atoms with van der Waals surface area (Å²) in [4.78, 5) is 25.2. The highest BCUT2D eigenvalue weighted by Gasteiger charge is 2.47. The molecule has 1 fully saturated rings. The molecular weight excluding hydrogens is 234 g/mol. The lowest BCUT2D eigenvalue weighted by Crippen LogP contribution is -2.52. The number of likely N-dealkylation sites (tertiary alicyclic amines) is 1. The number of carbonyl (C=O) groups excluding carboxylic acids is 1. The number of aliphatic carboxylic acids is 1. The molecular formula is C12H17N3O3. The van der Waals surface area contributed by atoms with Crippen molar-refractivity contribution in [1.82, 2.24) is 14.7 Å². The third kappa shape index (κ3) is 1.87. The zero-order valence-electron chi connectivity index (χ0n) is 10.5. The number of hydrogen-bond donors (Lipinski definition) is 1. The summed E-state index contributed by atoms with van der Waals surface area (Å²) in [7, 11) is 0. The molecule has 0 saturated carbocycles. The molecule has 1 amide bonds. The first kappa shape index (κ1) is 12.6. The van der Waals surface area contributed by atoms with Gasteiger partial charge in [-0.25, -0.2) is 4.79 Å². The van der Waals surface area contributed by atoms with Crippen molar-refractivity contribution in [2.24, 2.45) is 0 Å². The van der Waals surface area contributed by atoms with Crippen LogP contribution in [-0.2, 0) is 9.59 Å². The van der Waals surface area contributed by atoms with E-state index in [1.165, 1.54) is 4.90 Å². The summed E-state index contributed by atoms with van der Waals surface area (Å²) in [6, 6.07) is 1.27. The van der Waals surface area contributed by atoms with Gasteiger partial charge in [0.25, 0.3) is 0 Å². The summed E-state index contributed by atoms with van der Waals surface area (Å²) in [5.41, 5.74) is -1.08. The zero-order chi connectivity index (χ0) is 13.3. The second kappa shape index (κ2) is 4.44. The Bertz CT molecular complexity index is 457. The van der Waals surface area contributed by atoms with Crippen LogP contribution in [-0.4, -0.2) is 43.7 Å². The zero-order valence-corrected chi connectivity index (χ0v) is 10.5. The molecule has 18 heavy (non-hydrogen) atoms. The van der Waals surface area contributed by atoms with Crippen molar-refractivity contribution >= 4 is 11.9 Å². The largest absolute Gasteiger partial charge is 0.480 e. The summed E-state index contributed by atoms with van der Waals surface area (Å²) in [5, 5.41) is 13.3. The van der Waals surface area contributed by atoms with Gasteiger partial charge in [-0.05, 0) is 32.8 Å². The van der Waals surface area contributed by atoms with E-state index in [0.29, 0.717) is 13.0 Å². The summed E-state index contributed by atoms with van der Waals surface area (Å²) in [6.07, 6.45) is 4.53. The highest BCUT2D eigenvalue weighted by molar-refractivity contribution is 5.89. The van der Waals surface area contributed by atoms with Crippen LogP contribution in [0.3, 0.4) is 0 Å². The summed E-state index contributed by atoms with van der Waals surface area (Å²) in [5.74, 6) is -1.14. The van der Waals surface area contributed by atoms with E-state index in [2.05, 4.69) is 5.10 Å². The maximum atomic E-state index is 12.4. The highest BCUT2D eigenvalue weighted by Crippen LogP contribution is 2.31. The van der Waals surface area contributed by atoms with Crippen molar-refractivity contribution in [2.45, 2.75) is 38.3 Å². The van der Waals surface area contributed by atoms with Crippen LogP contribution in [0.15, 0.2) is 18.5 Å². The molecule has 6 heteroatoms. The van der Waals surface area contributed by atoms with Gasteiger partial charge in [0.15, 0.2) is 0 Å². The van der Waals surface area contributed by atoms with E-state index in [1.807, 2.05) is 0 Å². The van der Waals surface area contributed by atoms with Gasteiger partial charge in [0.2, 0.25) is 5.91 Å². The fraction of sp³-hybridized carbons (Fsp3) is 0.583. The van der Waals surface area contributed by atoms with Gasteiger partial charge in [0.05, 0.1) is 0 Å². The van der Waals surface area contributed by atoms with Gasteiger partial charge in [0.1, 0.15) is 11.6 Å². The van der Waals surface area contributed by atoms with E-state index < -0.39 is 17.6 Å². The van der Waals surface area contributed by atoms with Gasteiger partial charge in [-0.3, -0.25) is 9.48 Å². The molecule has 2 heterocycles. The molecule has 0 bridgehead atoms. The lowest BCUT2D eigenvalue weighted by Gasteiger charge is -2.33. The standard InChI is InChI=1S/C12H17N3O3/c1-9(15-8-4-6-13-15)10(16)14-7-3-5-12(14,2)11(17)18/h4,6,8-9H,3,5,7H2,1-2H3,(H,17,18). The second-order valence-corrected chi connectivity index (χ2v) is 4.83. The average molecular weight is 251 g/mol. The Hall–Kier alpha value is -1.85.